The van der Waals surface area contributed by atoms with Gasteiger partial charge >= 0.3 is 5.97 Å². The molecule has 1 aliphatic rings. The summed E-state index contributed by atoms with van der Waals surface area (Å²) >= 11 is 0. The maximum atomic E-state index is 11.6. The second-order valence-corrected chi connectivity index (χ2v) is 7.67. The molecular formula is C14H17ClO5S. The molecule has 0 bridgehead atoms. The first kappa shape index (κ1) is 16.1. The number of hydrogen-bond donors (Lipinski definition) is 1. The quantitative estimate of drug-likeness (QED) is 0.675. The zero-order valence-corrected chi connectivity index (χ0v) is 13.0. The van der Waals surface area contributed by atoms with Crippen LogP contribution in [-0.4, -0.2) is 25.6 Å². The van der Waals surface area contributed by atoms with Gasteiger partial charge in [-0.2, -0.15) is 0 Å². The lowest BCUT2D eigenvalue weighted by Crippen LogP contribution is -2.16. The Hall–Kier alpha value is -1.27. The molecule has 0 heterocycles. The van der Waals surface area contributed by atoms with Crippen molar-refractivity contribution in [1.82, 2.24) is 0 Å². The number of rotatable bonds is 4. The number of carboxylic acid groups (broad SMARTS) is 1. The van der Waals surface area contributed by atoms with Gasteiger partial charge in [0.15, 0.2) is 0 Å². The van der Waals surface area contributed by atoms with Crippen molar-refractivity contribution >= 4 is 25.7 Å². The predicted octanol–water partition coefficient (Wildman–Crippen LogP) is 3.41. The number of halogens is 1. The van der Waals surface area contributed by atoms with E-state index < -0.39 is 15.0 Å². The summed E-state index contributed by atoms with van der Waals surface area (Å²) < 4.78 is 29.0. The molecule has 5 nitrogen and oxygen atoms in total. The van der Waals surface area contributed by atoms with E-state index in [2.05, 4.69) is 0 Å². The van der Waals surface area contributed by atoms with Gasteiger partial charge in [-0.05, 0) is 43.9 Å². The first-order valence-corrected chi connectivity index (χ1v) is 9.17. The van der Waals surface area contributed by atoms with Crippen LogP contribution in [0, 0.1) is 0 Å². The maximum absolute atomic E-state index is 11.6. The van der Waals surface area contributed by atoms with Crippen LogP contribution in [0.25, 0.3) is 0 Å². The lowest BCUT2D eigenvalue weighted by atomic mass is 10.1. The SMILES string of the molecule is O=C(O)c1ccc(OC2CCCCCC2)c(S(=O)(=O)Cl)c1. The van der Waals surface area contributed by atoms with Crippen LogP contribution in [0.15, 0.2) is 23.1 Å². The molecule has 116 valence electrons. The number of carboxylic acids is 1. The van der Waals surface area contributed by atoms with Gasteiger partial charge in [-0.3, -0.25) is 0 Å². The molecule has 0 aliphatic heterocycles. The molecule has 1 fully saturated rings. The average Bonchev–Trinajstić information content (AvgIpc) is 2.66. The normalized spacial score (nSPS) is 17.2. The largest absolute Gasteiger partial charge is 0.489 e. The fourth-order valence-electron chi connectivity index (χ4n) is 2.47. The van der Waals surface area contributed by atoms with Gasteiger partial charge in [0.25, 0.3) is 9.05 Å². The number of hydrogen-bond acceptors (Lipinski definition) is 4. The van der Waals surface area contributed by atoms with Crippen molar-refractivity contribution in [2.24, 2.45) is 0 Å². The highest BCUT2D eigenvalue weighted by atomic mass is 35.7. The number of aromatic carboxylic acids is 1. The van der Waals surface area contributed by atoms with E-state index in [4.69, 9.17) is 20.5 Å². The lowest BCUT2D eigenvalue weighted by Gasteiger charge is -2.18. The van der Waals surface area contributed by atoms with Crippen LogP contribution < -0.4 is 4.74 Å². The lowest BCUT2D eigenvalue weighted by molar-refractivity contribution is 0.0696. The predicted molar refractivity (Wildman–Crippen MR) is 78.6 cm³/mol. The van der Waals surface area contributed by atoms with Crippen LogP contribution in [0.1, 0.15) is 48.9 Å². The Morgan fingerprint density at radius 1 is 1.19 bits per heavy atom. The molecule has 0 aromatic heterocycles. The van der Waals surface area contributed by atoms with E-state index in [9.17, 15) is 13.2 Å². The number of ether oxygens (including phenoxy) is 1. The zero-order valence-electron chi connectivity index (χ0n) is 11.4. The molecule has 1 aromatic rings. The summed E-state index contributed by atoms with van der Waals surface area (Å²) in [4.78, 5) is 10.7. The Morgan fingerprint density at radius 2 is 1.81 bits per heavy atom. The molecule has 0 spiro atoms. The van der Waals surface area contributed by atoms with Gasteiger partial charge in [-0.25, -0.2) is 13.2 Å². The molecule has 1 aromatic carbocycles. The van der Waals surface area contributed by atoms with Gasteiger partial charge in [-0.1, -0.05) is 12.8 Å². The molecule has 1 saturated carbocycles. The Morgan fingerprint density at radius 3 is 2.33 bits per heavy atom. The summed E-state index contributed by atoms with van der Waals surface area (Å²) in [5.74, 6) is -1.08. The number of carbonyl (C=O) groups is 1. The third-order valence-corrected chi connectivity index (χ3v) is 4.89. The van der Waals surface area contributed by atoms with Crippen molar-refractivity contribution in [3.8, 4) is 5.75 Å². The van der Waals surface area contributed by atoms with E-state index in [0.29, 0.717) is 0 Å². The van der Waals surface area contributed by atoms with Gasteiger partial charge in [-0.15, -0.1) is 0 Å². The summed E-state index contributed by atoms with van der Waals surface area (Å²) in [6.45, 7) is 0. The standard InChI is InChI=1S/C14H17ClO5S/c15-21(18,19)13-9-10(14(16)17)7-8-12(13)20-11-5-3-1-2-4-6-11/h7-9,11H,1-6H2,(H,16,17). The second-order valence-electron chi connectivity index (χ2n) is 5.14. The first-order chi connectivity index (χ1) is 9.88. The zero-order chi connectivity index (χ0) is 15.5. The smallest absolute Gasteiger partial charge is 0.335 e. The van der Waals surface area contributed by atoms with E-state index in [-0.39, 0.29) is 22.3 Å². The Bertz CT molecular complexity index is 618. The van der Waals surface area contributed by atoms with Crippen LogP contribution >= 0.6 is 10.7 Å². The molecule has 0 radical (unpaired) electrons. The summed E-state index contributed by atoms with van der Waals surface area (Å²) in [6, 6.07) is 3.72. The topological polar surface area (TPSA) is 80.7 Å². The molecule has 21 heavy (non-hydrogen) atoms. The Balaban J connectivity index is 2.31. The minimum absolute atomic E-state index is 0.0552. The Labute approximate surface area is 128 Å². The van der Waals surface area contributed by atoms with Gasteiger partial charge in [0, 0.05) is 10.7 Å². The van der Waals surface area contributed by atoms with Crippen LogP contribution in [0.2, 0.25) is 0 Å². The van der Waals surface area contributed by atoms with Gasteiger partial charge in [0.05, 0.1) is 11.7 Å². The average molecular weight is 333 g/mol. The minimum Gasteiger partial charge on any atom is -0.489 e. The van der Waals surface area contributed by atoms with E-state index in [1.807, 2.05) is 0 Å². The summed E-state index contributed by atoms with van der Waals surface area (Å²) in [6.07, 6.45) is 6.06. The van der Waals surface area contributed by atoms with Crippen LogP contribution in [0.3, 0.4) is 0 Å². The molecule has 1 aliphatic carbocycles. The molecule has 0 saturated heterocycles. The van der Waals surface area contributed by atoms with Gasteiger partial charge in [0.2, 0.25) is 0 Å². The van der Waals surface area contributed by atoms with E-state index in [1.165, 1.54) is 12.1 Å². The molecule has 0 atom stereocenters. The summed E-state index contributed by atoms with van der Waals surface area (Å²) in [5, 5.41) is 8.95. The van der Waals surface area contributed by atoms with Crippen molar-refractivity contribution in [3.05, 3.63) is 23.8 Å². The number of benzene rings is 1. The highest BCUT2D eigenvalue weighted by Gasteiger charge is 2.22. The van der Waals surface area contributed by atoms with Crippen molar-refractivity contribution in [2.45, 2.75) is 49.5 Å². The van der Waals surface area contributed by atoms with Crippen molar-refractivity contribution in [2.75, 3.05) is 0 Å². The van der Waals surface area contributed by atoms with Gasteiger partial charge < -0.3 is 9.84 Å². The summed E-state index contributed by atoms with van der Waals surface area (Å²) in [5.41, 5.74) is -0.137. The van der Waals surface area contributed by atoms with Gasteiger partial charge in [0.1, 0.15) is 10.6 Å². The van der Waals surface area contributed by atoms with Crippen LogP contribution in [0.4, 0.5) is 0 Å². The molecule has 0 unspecified atom stereocenters. The van der Waals surface area contributed by atoms with Crippen LogP contribution in [0.5, 0.6) is 5.75 Å². The van der Waals surface area contributed by atoms with E-state index in [1.54, 1.807) is 0 Å². The molecule has 7 heteroatoms. The monoisotopic (exact) mass is 332 g/mol. The van der Waals surface area contributed by atoms with Crippen molar-refractivity contribution < 1.29 is 23.1 Å². The van der Waals surface area contributed by atoms with E-state index in [0.717, 1.165) is 44.6 Å². The third kappa shape index (κ3) is 4.35. The molecule has 1 N–H and O–H groups in total. The highest BCUT2D eigenvalue weighted by molar-refractivity contribution is 8.13. The Kier molecular flexibility index (Phi) is 5.11. The summed E-state index contributed by atoms with van der Waals surface area (Å²) in [7, 11) is 1.32. The molecule has 0 amide bonds. The highest BCUT2D eigenvalue weighted by Crippen LogP contribution is 2.31. The third-order valence-electron chi connectivity index (χ3n) is 3.55. The fraction of sp³-hybridized carbons (Fsp3) is 0.500. The first-order valence-electron chi connectivity index (χ1n) is 6.86. The fourth-order valence-corrected chi connectivity index (χ4v) is 3.45. The van der Waals surface area contributed by atoms with Crippen LogP contribution in [-0.2, 0) is 9.05 Å². The van der Waals surface area contributed by atoms with Crippen molar-refractivity contribution in [1.29, 1.82) is 0 Å². The molecular weight excluding hydrogens is 316 g/mol. The second kappa shape index (κ2) is 6.66. The minimum atomic E-state index is -4.07. The van der Waals surface area contributed by atoms with Crippen molar-refractivity contribution in [3.63, 3.8) is 0 Å². The van der Waals surface area contributed by atoms with E-state index >= 15 is 0 Å². The maximum Gasteiger partial charge on any atom is 0.335 e. The molecule has 2 rings (SSSR count).